The average Bonchev–Trinajstić information content (AvgIpc) is 2.55. The van der Waals surface area contributed by atoms with Gasteiger partial charge in [0, 0.05) is 30.5 Å². The fourth-order valence-electron chi connectivity index (χ4n) is 0.963. The molecule has 0 atom stereocenters. The van der Waals surface area contributed by atoms with Crippen molar-refractivity contribution in [3.05, 3.63) is 32.3 Å². The Morgan fingerprint density at radius 3 is 1.58 bits per heavy atom. The van der Waals surface area contributed by atoms with Gasteiger partial charge in [0.15, 0.2) is 0 Å². The van der Waals surface area contributed by atoms with E-state index >= 15 is 0 Å². The molecule has 1 aliphatic heterocycles. The molecule has 1 saturated heterocycles. The topological polar surface area (TPSA) is 109 Å². The molecule has 0 aromatic heterocycles. The van der Waals surface area contributed by atoms with Crippen LogP contribution in [0.2, 0.25) is 0 Å². The van der Waals surface area contributed by atoms with E-state index in [-0.39, 0.29) is 17.4 Å². The summed E-state index contributed by atoms with van der Waals surface area (Å²) in [5, 5.41) is 0. The van der Waals surface area contributed by atoms with E-state index in [2.05, 4.69) is 26.6 Å². The van der Waals surface area contributed by atoms with Crippen molar-refractivity contribution in [3.63, 3.8) is 0 Å². The molecule has 0 radical (unpaired) electrons. The van der Waals surface area contributed by atoms with Crippen molar-refractivity contribution in [1.29, 1.82) is 0 Å². The van der Waals surface area contributed by atoms with Gasteiger partial charge in [0.2, 0.25) is 0 Å². The van der Waals surface area contributed by atoms with E-state index in [1.165, 1.54) is 0 Å². The number of hydrogen-bond donors (Lipinski definition) is 0. The Hall–Kier alpha value is -1.30. The summed E-state index contributed by atoms with van der Waals surface area (Å²) in [5.41, 5.74) is 0.684. The maximum atomic E-state index is 10.2. The molecule has 0 saturated carbocycles. The fraction of sp³-hybridized carbons (Fsp3) is 0.455. The van der Waals surface area contributed by atoms with Gasteiger partial charge in [-0.05, 0) is 6.92 Å². The molecule has 1 rings (SSSR count). The van der Waals surface area contributed by atoms with Gasteiger partial charge in [0.25, 0.3) is 0 Å². The minimum atomic E-state index is 0. The van der Waals surface area contributed by atoms with Crippen LogP contribution in [0.5, 0.6) is 0 Å². The molecule has 19 heavy (non-hydrogen) atoms. The number of nitrogens with zero attached hydrogens (tertiary/aromatic N) is 1. The van der Waals surface area contributed by atoms with Crippen molar-refractivity contribution >= 4 is 5.94 Å². The second-order valence-electron chi connectivity index (χ2n) is 2.29. The summed E-state index contributed by atoms with van der Waals surface area (Å²) in [6.07, 6.45) is 0. The Bertz CT molecular complexity index is 273. The number of ether oxygens (including phenoxy) is 1. The van der Waals surface area contributed by atoms with Crippen LogP contribution in [0.15, 0.2) is 5.70 Å². The molecule has 7 nitrogen and oxygen atoms in total. The van der Waals surface area contributed by atoms with Gasteiger partial charge in [-0.15, -0.1) is 0 Å². The van der Waals surface area contributed by atoms with Gasteiger partial charge in [-0.2, -0.15) is 0 Å². The molecule has 0 aromatic carbocycles. The molecular weight excluding hydrogens is 294 g/mol. The third-order valence-electron chi connectivity index (χ3n) is 1.63. The van der Waals surface area contributed by atoms with E-state index in [0.29, 0.717) is 5.70 Å². The molecule has 1 heterocycles. The normalized spacial score (nSPS) is 10.1. The summed E-state index contributed by atoms with van der Waals surface area (Å²) in [5.74, 6) is 1.87. The van der Waals surface area contributed by atoms with Crippen molar-refractivity contribution in [3.8, 4) is 0 Å². The number of allylic oxidation sites excluding steroid dienone is 1. The summed E-state index contributed by atoms with van der Waals surface area (Å²) in [7, 11) is 0. The molecule has 8 heteroatoms. The van der Waals surface area contributed by atoms with E-state index in [1.54, 1.807) is 6.92 Å². The van der Waals surface area contributed by atoms with Crippen LogP contribution in [0.4, 0.5) is 0 Å². The minimum absolute atomic E-state index is 0. The first kappa shape index (κ1) is 30.6. The summed E-state index contributed by atoms with van der Waals surface area (Å²) in [4.78, 5) is 12.1. The molecule has 0 amide bonds. The summed E-state index contributed by atoms with van der Waals surface area (Å²) >= 11 is 0. The van der Waals surface area contributed by atoms with Gasteiger partial charge in [-0.3, -0.25) is 0 Å². The van der Waals surface area contributed by atoms with Crippen LogP contribution in [0, 0.1) is 26.6 Å². The predicted octanol–water partition coefficient (Wildman–Crippen LogP) is -0.0985. The second-order valence-corrected chi connectivity index (χ2v) is 2.29. The minimum Gasteiger partial charge on any atom is 0 e. The number of morpholine rings is 1. The van der Waals surface area contributed by atoms with E-state index in [1.807, 2.05) is 10.8 Å². The SMILES string of the molecule is CC(=C=O)N1CCOCC1.[C-]#[O+].[C-]#[O+].[C-]#[O+].[C-]#[O+].[Cr]. The molecule has 1 aliphatic rings. The van der Waals surface area contributed by atoms with Crippen LogP contribution >= 0.6 is 0 Å². The zero-order valence-electron chi connectivity index (χ0n) is 10.1. The second kappa shape index (κ2) is 36.0. The van der Waals surface area contributed by atoms with Gasteiger partial charge in [-0.25, -0.2) is 4.79 Å². The van der Waals surface area contributed by atoms with Crippen molar-refractivity contribution in [1.82, 2.24) is 4.90 Å². The van der Waals surface area contributed by atoms with Crippen molar-refractivity contribution in [2.45, 2.75) is 6.92 Å². The largest absolute Gasteiger partial charge is 0 e. The first-order valence-corrected chi connectivity index (χ1v) is 4.20. The maximum Gasteiger partial charge on any atom is 0 e. The van der Waals surface area contributed by atoms with E-state index in [4.69, 9.17) is 23.3 Å². The Morgan fingerprint density at radius 1 is 1.00 bits per heavy atom. The molecule has 0 aromatic rings. The summed E-state index contributed by atoms with van der Waals surface area (Å²) in [6.45, 7) is 22.9. The molecule has 1 fully saturated rings. The Morgan fingerprint density at radius 2 is 1.32 bits per heavy atom. The van der Waals surface area contributed by atoms with E-state index in [9.17, 15) is 4.79 Å². The van der Waals surface area contributed by atoms with Crippen LogP contribution in [-0.4, -0.2) is 37.1 Å². The number of rotatable bonds is 1. The quantitative estimate of drug-likeness (QED) is 0.383. The maximum absolute atomic E-state index is 10.2. The monoisotopic (exact) mass is 305 g/mol. The van der Waals surface area contributed by atoms with Crippen LogP contribution in [0.25, 0.3) is 0 Å². The summed E-state index contributed by atoms with van der Waals surface area (Å²) in [6, 6.07) is 0. The first-order chi connectivity index (χ1) is 8.84. The smallest absolute Gasteiger partial charge is 0 e. The van der Waals surface area contributed by atoms with Crippen molar-refractivity contribution < 1.29 is 45.5 Å². The van der Waals surface area contributed by atoms with Crippen molar-refractivity contribution in [2.24, 2.45) is 0 Å². The molecule has 0 N–H and O–H groups in total. The van der Waals surface area contributed by atoms with Gasteiger partial charge < -0.3 is 9.64 Å². The van der Waals surface area contributed by atoms with Crippen LogP contribution in [0.3, 0.4) is 0 Å². The zero-order valence-corrected chi connectivity index (χ0v) is 11.4. The average molecular weight is 305 g/mol. The first-order valence-electron chi connectivity index (χ1n) is 4.20. The van der Waals surface area contributed by atoms with E-state index < -0.39 is 0 Å². The predicted molar refractivity (Wildman–Crippen MR) is 53.0 cm³/mol. The molecule has 0 spiro atoms. The molecule has 102 valence electrons. The molecular formula is C11H11CrNO6. The van der Waals surface area contributed by atoms with Crippen molar-refractivity contribution in [2.75, 3.05) is 26.3 Å². The third-order valence-corrected chi connectivity index (χ3v) is 1.63. The van der Waals surface area contributed by atoms with Gasteiger partial charge >= 0.3 is 45.2 Å². The standard InChI is InChI=1S/C7H11NO2.4CO.Cr/c1-7(6-9)8-2-4-10-5-3-8;4*1-2;/h2-5H2,1H3;;;;;. The fourth-order valence-corrected chi connectivity index (χ4v) is 0.963. The van der Waals surface area contributed by atoms with Gasteiger partial charge in [0.05, 0.1) is 18.9 Å². The number of carbonyl (C=O) groups excluding carboxylic acids is 1. The Labute approximate surface area is 122 Å². The van der Waals surface area contributed by atoms with Gasteiger partial charge in [0.1, 0.15) is 5.94 Å². The Balaban J connectivity index is -0.0000000628. The van der Waals surface area contributed by atoms with Crippen LogP contribution in [-0.2, 0) is 45.5 Å². The van der Waals surface area contributed by atoms with Crippen LogP contribution in [0.1, 0.15) is 6.92 Å². The summed E-state index contributed by atoms with van der Waals surface area (Å²) < 4.78 is 35.1. The van der Waals surface area contributed by atoms with Gasteiger partial charge in [-0.1, -0.05) is 0 Å². The molecule has 0 bridgehead atoms. The molecule has 0 aliphatic carbocycles. The van der Waals surface area contributed by atoms with E-state index in [0.717, 1.165) is 26.3 Å². The number of hydrogen-bond acceptors (Lipinski definition) is 3. The zero-order chi connectivity index (χ0) is 15.4. The van der Waals surface area contributed by atoms with Crippen LogP contribution < -0.4 is 0 Å². The third kappa shape index (κ3) is 22.4. The molecule has 0 unspecified atom stereocenters. The Kier molecular flexibility index (Phi) is 57.9.